The first kappa shape index (κ1) is 30.9. The van der Waals surface area contributed by atoms with Crippen molar-refractivity contribution in [3.05, 3.63) is 101 Å². The van der Waals surface area contributed by atoms with Gasteiger partial charge in [-0.3, -0.25) is 4.18 Å². The fourth-order valence-electron chi connectivity index (χ4n) is 5.02. The highest BCUT2D eigenvalue weighted by Crippen LogP contribution is 2.39. The van der Waals surface area contributed by atoms with Gasteiger partial charge in [-0.15, -0.1) is 0 Å². The molecule has 1 aliphatic rings. The molecule has 1 unspecified atom stereocenters. The molecule has 0 bridgehead atoms. The second-order valence-corrected chi connectivity index (χ2v) is 12.8. The van der Waals surface area contributed by atoms with Crippen LogP contribution in [0.15, 0.2) is 77.7 Å². The lowest BCUT2D eigenvalue weighted by molar-refractivity contribution is -0.234. The second kappa shape index (κ2) is 12.9. The first-order chi connectivity index (χ1) is 19.5. The van der Waals surface area contributed by atoms with Gasteiger partial charge in [-0.05, 0) is 46.6 Å². The molecule has 1 atom stereocenters. The Morgan fingerprint density at radius 3 is 1.80 bits per heavy atom. The number of esters is 1. The predicted molar refractivity (Wildman–Crippen MR) is 158 cm³/mol. The topological polar surface area (TPSA) is 88.1 Å². The highest BCUT2D eigenvalue weighted by atomic mass is 32.2. The monoisotopic (exact) mass is 580 g/mol. The maximum Gasteiger partial charge on any atom is 0.338 e. The highest BCUT2D eigenvalue weighted by molar-refractivity contribution is 7.86. The van der Waals surface area contributed by atoms with Crippen LogP contribution < -0.4 is 0 Å². The Balaban J connectivity index is 1.76. The van der Waals surface area contributed by atoms with Gasteiger partial charge in [0.15, 0.2) is 6.10 Å². The Kier molecular flexibility index (Phi) is 9.70. The Labute approximate surface area is 243 Å². The van der Waals surface area contributed by atoms with E-state index in [1.54, 1.807) is 42.5 Å². The molecule has 220 valence electrons. The number of carbonyl (C=O) groups is 1. The van der Waals surface area contributed by atoms with Gasteiger partial charge in [0, 0.05) is 5.56 Å². The second-order valence-electron chi connectivity index (χ2n) is 11.2. The Morgan fingerprint density at radius 2 is 1.32 bits per heavy atom. The highest BCUT2D eigenvalue weighted by Gasteiger charge is 2.50. The van der Waals surface area contributed by atoms with Crippen molar-refractivity contribution in [3.63, 3.8) is 0 Å². The summed E-state index contributed by atoms with van der Waals surface area (Å²) in [5, 5.41) is 0. The molecule has 0 aromatic heterocycles. The third-order valence-corrected chi connectivity index (χ3v) is 8.70. The quantitative estimate of drug-likeness (QED) is 0.180. The Hall–Kier alpha value is -3.04. The van der Waals surface area contributed by atoms with Crippen LogP contribution in [0, 0.1) is 0 Å². The minimum absolute atomic E-state index is 0.0663. The van der Waals surface area contributed by atoms with E-state index in [0.29, 0.717) is 22.3 Å². The van der Waals surface area contributed by atoms with Gasteiger partial charge in [0.05, 0.1) is 18.8 Å². The van der Waals surface area contributed by atoms with E-state index in [-0.39, 0.29) is 35.9 Å². The molecule has 1 heterocycles. The number of carbonyl (C=O) groups excluding carboxylic acids is 1. The van der Waals surface area contributed by atoms with Crippen LogP contribution in [-0.2, 0) is 34.3 Å². The molecular formula is C33H40O7S. The van der Waals surface area contributed by atoms with Crippen molar-refractivity contribution in [2.75, 3.05) is 19.8 Å². The van der Waals surface area contributed by atoms with E-state index < -0.39 is 34.6 Å². The molecule has 3 aromatic rings. The Morgan fingerprint density at radius 1 is 0.805 bits per heavy atom. The fourth-order valence-corrected chi connectivity index (χ4v) is 6.61. The maximum absolute atomic E-state index is 14.0. The van der Waals surface area contributed by atoms with E-state index in [1.165, 1.54) is 0 Å². The van der Waals surface area contributed by atoms with Gasteiger partial charge in [0.2, 0.25) is 5.79 Å². The smallest absolute Gasteiger partial charge is 0.338 e. The van der Waals surface area contributed by atoms with Crippen molar-refractivity contribution in [3.8, 4) is 0 Å². The molecule has 1 saturated heterocycles. The molecule has 0 amide bonds. The summed E-state index contributed by atoms with van der Waals surface area (Å²) in [7, 11) is -4.29. The molecule has 41 heavy (non-hydrogen) atoms. The van der Waals surface area contributed by atoms with Crippen molar-refractivity contribution in [1.82, 2.24) is 0 Å². The zero-order chi connectivity index (χ0) is 29.8. The van der Waals surface area contributed by atoms with Crippen molar-refractivity contribution in [1.29, 1.82) is 0 Å². The van der Waals surface area contributed by atoms with Gasteiger partial charge in [-0.25, -0.2) is 4.79 Å². The molecule has 3 aromatic carbocycles. The minimum atomic E-state index is -4.29. The van der Waals surface area contributed by atoms with Gasteiger partial charge in [0.25, 0.3) is 10.1 Å². The Bertz CT molecular complexity index is 1400. The summed E-state index contributed by atoms with van der Waals surface area (Å²) >= 11 is 0. The van der Waals surface area contributed by atoms with Crippen LogP contribution in [0.1, 0.15) is 91.9 Å². The number of benzene rings is 3. The van der Waals surface area contributed by atoms with E-state index in [2.05, 4.69) is 13.8 Å². The third kappa shape index (κ3) is 6.72. The first-order valence-corrected chi connectivity index (χ1v) is 15.5. The third-order valence-electron chi connectivity index (χ3n) is 7.28. The van der Waals surface area contributed by atoms with Crippen molar-refractivity contribution in [2.45, 2.75) is 76.1 Å². The van der Waals surface area contributed by atoms with Crippen molar-refractivity contribution >= 4 is 16.1 Å². The van der Waals surface area contributed by atoms with E-state index in [0.717, 1.165) is 5.56 Å². The van der Waals surface area contributed by atoms with Crippen LogP contribution in [-0.4, -0.2) is 40.3 Å². The van der Waals surface area contributed by atoms with Gasteiger partial charge >= 0.3 is 5.97 Å². The zero-order valence-electron chi connectivity index (χ0n) is 24.6. The summed E-state index contributed by atoms with van der Waals surface area (Å²) in [5.41, 5.74) is 3.38. The normalized spacial score (nSPS) is 15.9. The fraction of sp³-hybridized carbons (Fsp3) is 0.424. The van der Waals surface area contributed by atoms with Crippen LogP contribution in [0.5, 0.6) is 0 Å². The average Bonchev–Trinajstić information content (AvgIpc) is 3.46. The number of hydrogen-bond donors (Lipinski definition) is 0. The lowest BCUT2D eigenvalue weighted by atomic mass is 9.89. The summed E-state index contributed by atoms with van der Waals surface area (Å²) < 4.78 is 52.0. The maximum atomic E-state index is 14.0. The summed E-state index contributed by atoms with van der Waals surface area (Å²) in [6.45, 7) is 12.0. The average molecular weight is 581 g/mol. The lowest BCUT2D eigenvalue weighted by Crippen LogP contribution is -2.46. The van der Waals surface area contributed by atoms with E-state index in [4.69, 9.17) is 18.4 Å². The van der Waals surface area contributed by atoms with Crippen LogP contribution >= 0.6 is 0 Å². The molecule has 0 radical (unpaired) electrons. The molecule has 8 heteroatoms. The number of ether oxygens (including phenoxy) is 3. The van der Waals surface area contributed by atoms with Crippen molar-refractivity contribution in [2.24, 2.45) is 0 Å². The van der Waals surface area contributed by atoms with Gasteiger partial charge < -0.3 is 14.2 Å². The lowest BCUT2D eigenvalue weighted by Gasteiger charge is -2.35. The molecule has 0 aliphatic carbocycles. The van der Waals surface area contributed by atoms with Crippen LogP contribution in [0.4, 0.5) is 0 Å². The molecule has 0 spiro atoms. The molecule has 1 aliphatic heterocycles. The largest absolute Gasteiger partial charge is 0.450 e. The van der Waals surface area contributed by atoms with Gasteiger partial charge in [-0.2, -0.15) is 8.42 Å². The summed E-state index contributed by atoms with van der Waals surface area (Å²) in [4.78, 5) is 13.4. The molecule has 7 nitrogen and oxygen atoms in total. The SMILES string of the molecule is CC(C)c1cc(C(C)C)c(S(=O)(=O)OCC(OC(=O)c2ccccc2)C2(c3ccccc3)OCCO2)c(C(C)C)c1. The van der Waals surface area contributed by atoms with E-state index >= 15 is 0 Å². The molecular weight excluding hydrogens is 540 g/mol. The van der Waals surface area contributed by atoms with Gasteiger partial charge in [0.1, 0.15) is 11.5 Å². The first-order valence-electron chi connectivity index (χ1n) is 14.1. The molecule has 0 saturated carbocycles. The number of hydrogen-bond acceptors (Lipinski definition) is 7. The van der Waals surface area contributed by atoms with Crippen LogP contribution in [0.25, 0.3) is 0 Å². The zero-order valence-corrected chi connectivity index (χ0v) is 25.4. The van der Waals surface area contributed by atoms with Crippen LogP contribution in [0.3, 0.4) is 0 Å². The van der Waals surface area contributed by atoms with E-state index in [1.807, 2.05) is 58.0 Å². The summed E-state index contributed by atoms with van der Waals surface area (Å²) in [6.07, 6.45) is -1.23. The van der Waals surface area contributed by atoms with Crippen molar-refractivity contribution < 1.29 is 31.6 Å². The predicted octanol–water partition coefficient (Wildman–Crippen LogP) is 6.89. The molecule has 4 rings (SSSR count). The molecule has 1 fully saturated rings. The summed E-state index contributed by atoms with van der Waals surface area (Å²) in [5.74, 6) is -2.08. The van der Waals surface area contributed by atoms with Gasteiger partial charge in [-0.1, -0.05) is 102 Å². The van der Waals surface area contributed by atoms with Crippen LogP contribution in [0.2, 0.25) is 0 Å². The van der Waals surface area contributed by atoms with E-state index in [9.17, 15) is 13.2 Å². The number of rotatable bonds is 11. The minimum Gasteiger partial charge on any atom is -0.450 e. The standard InChI is InChI=1S/C33H40O7S/c1-22(2)26-19-28(23(3)4)31(29(20-26)24(5)6)41(35,36)39-21-30(40-32(34)25-13-9-7-10-14-25)33(37-17-18-38-33)27-15-11-8-12-16-27/h7-16,19-20,22-24,30H,17-18,21H2,1-6H3. The summed E-state index contributed by atoms with van der Waals surface area (Å²) in [6, 6.07) is 21.5. The molecule has 0 N–H and O–H groups in total.